The number of nitrogens with zero attached hydrogens (tertiary/aromatic N) is 3. The van der Waals surface area contributed by atoms with Crippen molar-refractivity contribution in [2.24, 2.45) is 0 Å². The van der Waals surface area contributed by atoms with E-state index in [1.165, 1.54) is 36.3 Å². The summed E-state index contributed by atoms with van der Waals surface area (Å²) in [6.07, 6.45) is 9.07. The first-order valence-corrected chi connectivity index (χ1v) is 9.11. The molecule has 0 radical (unpaired) electrons. The van der Waals surface area contributed by atoms with Crippen LogP contribution in [0.2, 0.25) is 0 Å². The second-order valence-corrected chi connectivity index (χ2v) is 6.54. The summed E-state index contributed by atoms with van der Waals surface area (Å²) < 4.78 is 1.39. The molecule has 2 aromatic rings. The summed E-state index contributed by atoms with van der Waals surface area (Å²) >= 11 is 0. The van der Waals surface area contributed by atoms with Crippen molar-refractivity contribution in [2.45, 2.75) is 38.1 Å². The number of hydrogen-bond donors (Lipinski definition) is 2. The van der Waals surface area contributed by atoms with Crippen molar-refractivity contribution in [3.8, 4) is 0 Å². The van der Waals surface area contributed by atoms with E-state index in [-0.39, 0.29) is 23.5 Å². The molecule has 0 saturated heterocycles. The van der Waals surface area contributed by atoms with Crippen LogP contribution in [0.15, 0.2) is 35.4 Å². The van der Waals surface area contributed by atoms with Gasteiger partial charge in [0.2, 0.25) is 0 Å². The number of carboxylic acid groups (broad SMARTS) is 1. The number of amides is 1. The Morgan fingerprint density at radius 3 is 2.81 bits per heavy atom. The summed E-state index contributed by atoms with van der Waals surface area (Å²) in [6, 6.07) is 5.98. The van der Waals surface area contributed by atoms with Gasteiger partial charge < -0.3 is 15.3 Å². The Balaban J connectivity index is 0.000000817. The molecule has 0 aromatic carbocycles. The minimum Gasteiger partial charge on any atom is -0.483 e. The van der Waals surface area contributed by atoms with E-state index in [4.69, 9.17) is 9.90 Å². The van der Waals surface area contributed by atoms with Crippen LogP contribution in [0.1, 0.15) is 42.5 Å². The van der Waals surface area contributed by atoms with E-state index in [2.05, 4.69) is 22.2 Å². The van der Waals surface area contributed by atoms with Gasteiger partial charge in [0.15, 0.2) is 0 Å². The smallest absolute Gasteiger partial charge is 0.290 e. The molecule has 1 aliphatic rings. The van der Waals surface area contributed by atoms with Gasteiger partial charge in [-0.15, -0.1) is 0 Å². The molecule has 1 aliphatic carbocycles. The zero-order valence-electron chi connectivity index (χ0n) is 15.5. The van der Waals surface area contributed by atoms with Gasteiger partial charge in [-0.05, 0) is 45.0 Å². The van der Waals surface area contributed by atoms with E-state index in [1.54, 1.807) is 18.3 Å². The van der Waals surface area contributed by atoms with Crippen LogP contribution in [0.25, 0.3) is 5.65 Å². The first-order valence-electron chi connectivity index (χ1n) is 9.11. The number of pyridine rings is 1. The average molecular weight is 374 g/mol. The van der Waals surface area contributed by atoms with E-state index >= 15 is 0 Å². The number of rotatable bonds is 6. The number of fused-ring (bicyclic) bond motifs is 1. The van der Waals surface area contributed by atoms with Gasteiger partial charge in [-0.1, -0.05) is 18.9 Å². The van der Waals surface area contributed by atoms with Crippen LogP contribution < -0.4 is 10.9 Å². The van der Waals surface area contributed by atoms with Gasteiger partial charge >= 0.3 is 0 Å². The van der Waals surface area contributed by atoms with Gasteiger partial charge in [-0.25, -0.2) is 4.98 Å². The molecule has 0 atom stereocenters. The molecule has 8 heteroatoms. The maximum atomic E-state index is 12.3. The number of aromatic nitrogens is 2. The average Bonchev–Trinajstić information content (AvgIpc) is 3.21. The van der Waals surface area contributed by atoms with Crippen LogP contribution in [-0.4, -0.2) is 57.9 Å². The lowest BCUT2D eigenvalue weighted by Crippen LogP contribution is -2.35. The van der Waals surface area contributed by atoms with Crippen LogP contribution >= 0.6 is 0 Å². The number of nitrogens with one attached hydrogen (secondary N) is 1. The predicted octanol–water partition coefficient (Wildman–Crippen LogP) is 1.39. The van der Waals surface area contributed by atoms with Gasteiger partial charge in [0, 0.05) is 25.0 Å². The molecule has 2 aromatic heterocycles. The molecule has 27 heavy (non-hydrogen) atoms. The number of hydrogen-bond acceptors (Lipinski definition) is 5. The van der Waals surface area contributed by atoms with Crippen molar-refractivity contribution >= 4 is 18.0 Å². The van der Waals surface area contributed by atoms with E-state index in [0.717, 1.165) is 13.0 Å². The van der Waals surface area contributed by atoms with E-state index < -0.39 is 0 Å². The molecular formula is C19H26N4O4. The van der Waals surface area contributed by atoms with E-state index in [1.807, 2.05) is 6.07 Å². The Labute approximate surface area is 157 Å². The molecule has 146 valence electrons. The Bertz CT molecular complexity index is 815. The van der Waals surface area contributed by atoms with Crippen LogP contribution in [0, 0.1) is 0 Å². The van der Waals surface area contributed by atoms with Crippen molar-refractivity contribution in [3.05, 3.63) is 46.5 Å². The molecule has 0 bridgehead atoms. The van der Waals surface area contributed by atoms with E-state index in [0.29, 0.717) is 18.2 Å². The second-order valence-electron chi connectivity index (χ2n) is 6.54. The topological polar surface area (TPSA) is 104 Å². The zero-order chi connectivity index (χ0) is 19.6. The lowest BCUT2D eigenvalue weighted by molar-refractivity contribution is -0.122. The molecule has 2 N–H and O–H groups in total. The highest BCUT2D eigenvalue weighted by Crippen LogP contribution is 2.22. The maximum Gasteiger partial charge on any atom is 0.290 e. The van der Waals surface area contributed by atoms with Gasteiger partial charge in [0.1, 0.15) is 11.2 Å². The quantitative estimate of drug-likeness (QED) is 0.585. The third-order valence-electron chi connectivity index (χ3n) is 4.78. The Morgan fingerprint density at radius 2 is 2.11 bits per heavy atom. The second kappa shape index (κ2) is 10.4. The molecule has 1 fully saturated rings. The monoisotopic (exact) mass is 374 g/mol. The van der Waals surface area contributed by atoms with Crippen molar-refractivity contribution in [1.29, 1.82) is 0 Å². The van der Waals surface area contributed by atoms with Gasteiger partial charge in [0.05, 0.1) is 0 Å². The molecular weight excluding hydrogens is 348 g/mol. The molecule has 2 heterocycles. The molecule has 1 saturated carbocycles. The van der Waals surface area contributed by atoms with Crippen molar-refractivity contribution < 1.29 is 14.7 Å². The lowest BCUT2D eigenvalue weighted by Gasteiger charge is -2.23. The third kappa shape index (κ3) is 5.62. The fourth-order valence-electron chi connectivity index (χ4n) is 3.34. The lowest BCUT2D eigenvalue weighted by atomic mass is 10.2. The Hall–Kier alpha value is -2.74. The largest absolute Gasteiger partial charge is 0.483 e. The summed E-state index contributed by atoms with van der Waals surface area (Å²) in [5.74, 6) is -0.353. The highest BCUT2D eigenvalue weighted by atomic mass is 16.3. The maximum absolute atomic E-state index is 12.3. The van der Waals surface area contributed by atoms with Crippen molar-refractivity contribution in [1.82, 2.24) is 19.6 Å². The Kier molecular flexibility index (Phi) is 7.94. The molecule has 0 spiro atoms. The third-order valence-corrected chi connectivity index (χ3v) is 4.78. The summed E-state index contributed by atoms with van der Waals surface area (Å²) in [6.45, 7) is 1.27. The van der Waals surface area contributed by atoms with Crippen molar-refractivity contribution in [3.63, 3.8) is 0 Å². The van der Waals surface area contributed by atoms with Crippen LogP contribution in [0.4, 0.5) is 0 Å². The Morgan fingerprint density at radius 1 is 1.41 bits per heavy atom. The van der Waals surface area contributed by atoms with Crippen LogP contribution in [0.3, 0.4) is 0 Å². The fourth-order valence-corrected chi connectivity index (χ4v) is 3.34. The molecule has 0 unspecified atom stereocenters. The first-order chi connectivity index (χ1) is 13.1. The molecule has 0 aliphatic heterocycles. The highest BCUT2D eigenvalue weighted by Gasteiger charge is 2.19. The highest BCUT2D eigenvalue weighted by molar-refractivity contribution is 5.93. The van der Waals surface area contributed by atoms with Gasteiger partial charge in [-0.3, -0.25) is 18.8 Å². The van der Waals surface area contributed by atoms with Crippen molar-refractivity contribution in [2.75, 3.05) is 20.1 Å². The molecule has 8 nitrogen and oxygen atoms in total. The predicted molar refractivity (Wildman–Crippen MR) is 102 cm³/mol. The summed E-state index contributed by atoms with van der Waals surface area (Å²) in [5.41, 5.74) is 0.293. The summed E-state index contributed by atoms with van der Waals surface area (Å²) in [4.78, 5) is 39.5. The molecule has 1 amide bonds. The minimum atomic E-state index is -0.353. The van der Waals surface area contributed by atoms with Gasteiger partial charge in [0.25, 0.3) is 17.9 Å². The minimum absolute atomic E-state index is 0.0860. The van der Waals surface area contributed by atoms with Gasteiger partial charge in [-0.2, -0.15) is 0 Å². The SMILES string of the molecule is CN(CCCNC(=O)c1cnc2ccccn2c1=O)C1CCCC1.O=CO. The zero-order valence-corrected chi connectivity index (χ0v) is 15.5. The van der Waals surface area contributed by atoms with E-state index in [9.17, 15) is 9.59 Å². The number of carbonyl (C=O) groups excluding carboxylic acids is 1. The summed E-state index contributed by atoms with van der Waals surface area (Å²) in [5, 5.41) is 9.72. The normalized spacial score (nSPS) is 14.0. The molecule has 3 rings (SSSR count). The summed E-state index contributed by atoms with van der Waals surface area (Å²) in [7, 11) is 2.15. The van der Waals surface area contributed by atoms with Crippen LogP contribution in [-0.2, 0) is 4.79 Å². The fraction of sp³-hybridized carbons (Fsp3) is 0.474. The first kappa shape index (κ1) is 20.6. The number of carbonyl (C=O) groups is 2. The van der Waals surface area contributed by atoms with Crippen LogP contribution in [0.5, 0.6) is 0 Å². The standard InChI is InChI=1S/C18H24N4O2.CH2O2/c1-21(14-7-2-3-8-14)11-6-10-19-17(23)15-13-20-16-9-4-5-12-22(16)18(15)24;2-1-3/h4-5,9,12-14H,2-3,6-8,10-11H2,1H3,(H,19,23);1H,(H,2,3).